The summed E-state index contributed by atoms with van der Waals surface area (Å²) in [7, 11) is 1.58. The molecule has 5 heteroatoms. The number of nitrogens with one attached hydrogen (secondary N) is 1. The first kappa shape index (κ1) is 15.0. The van der Waals surface area contributed by atoms with Crippen LogP contribution in [-0.2, 0) is 0 Å². The van der Waals surface area contributed by atoms with E-state index in [1.54, 1.807) is 19.2 Å². The first-order valence-corrected chi connectivity index (χ1v) is 6.91. The van der Waals surface area contributed by atoms with E-state index >= 15 is 0 Å². The van der Waals surface area contributed by atoms with E-state index in [2.05, 4.69) is 21.4 Å². The fraction of sp³-hybridized carbons (Fsp3) is 0.200. The number of hydrogen-bond acceptors (Lipinski definition) is 3. The molecule has 0 spiro atoms. The van der Waals surface area contributed by atoms with Crippen molar-refractivity contribution in [3.8, 4) is 5.75 Å². The highest BCUT2D eigenvalue weighted by Gasteiger charge is 2.20. The molecule has 2 aromatic rings. The average Bonchev–Trinajstić information content (AvgIpc) is 2.44. The first-order chi connectivity index (χ1) is 9.56. The lowest BCUT2D eigenvalue weighted by atomic mass is 9.96. The van der Waals surface area contributed by atoms with Crippen molar-refractivity contribution in [3.05, 3.63) is 63.4 Å². The topological polar surface area (TPSA) is 47.3 Å². The number of nitrogens with two attached hydrogens (primary N) is 1. The van der Waals surface area contributed by atoms with Gasteiger partial charge in [-0.05, 0) is 31.2 Å². The number of benzene rings is 2. The van der Waals surface area contributed by atoms with Gasteiger partial charge in [-0.25, -0.2) is 9.82 Å². The summed E-state index contributed by atoms with van der Waals surface area (Å²) in [5, 5.41) is 0. The van der Waals surface area contributed by atoms with E-state index in [9.17, 15) is 4.39 Å². The van der Waals surface area contributed by atoms with Crippen LogP contribution in [-0.4, -0.2) is 7.11 Å². The molecule has 0 aliphatic heterocycles. The second-order valence-electron chi connectivity index (χ2n) is 4.51. The molecule has 20 heavy (non-hydrogen) atoms. The zero-order valence-corrected chi connectivity index (χ0v) is 12.9. The minimum atomic E-state index is -0.484. The van der Waals surface area contributed by atoms with Gasteiger partial charge >= 0.3 is 0 Å². The highest BCUT2D eigenvalue weighted by atomic mass is 79.9. The molecule has 106 valence electrons. The smallest absolute Gasteiger partial charge is 0.128 e. The molecule has 0 aliphatic carbocycles. The van der Waals surface area contributed by atoms with E-state index in [1.165, 1.54) is 6.07 Å². The van der Waals surface area contributed by atoms with Crippen molar-refractivity contribution in [2.45, 2.75) is 13.0 Å². The Morgan fingerprint density at radius 2 is 1.95 bits per heavy atom. The summed E-state index contributed by atoms with van der Waals surface area (Å²) in [5.41, 5.74) is 4.89. The van der Waals surface area contributed by atoms with Crippen LogP contribution in [0.25, 0.3) is 0 Å². The second kappa shape index (κ2) is 6.35. The fourth-order valence-corrected chi connectivity index (χ4v) is 2.54. The normalized spacial score (nSPS) is 12.2. The molecule has 0 saturated heterocycles. The summed E-state index contributed by atoms with van der Waals surface area (Å²) in [4.78, 5) is 0. The van der Waals surface area contributed by atoms with Gasteiger partial charge in [-0.3, -0.25) is 5.84 Å². The third-order valence-corrected chi connectivity index (χ3v) is 3.63. The highest BCUT2D eigenvalue weighted by molar-refractivity contribution is 9.10. The Balaban J connectivity index is 2.57. The molecule has 0 radical (unpaired) electrons. The Bertz CT molecular complexity index is 619. The Morgan fingerprint density at radius 3 is 2.60 bits per heavy atom. The largest absolute Gasteiger partial charge is 0.496 e. The van der Waals surface area contributed by atoms with E-state index in [-0.39, 0.29) is 5.82 Å². The highest BCUT2D eigenvalue weighted by Crippen LogP contribution is 2.33. The van der Waals surface area contributed by atoms with Crippen LogP contribution in [0.5, 0.6) is 5.75 Å². The summed E-state index contributed by atoms with van der Waals surface area (Å²) >= 11 is 3.41. The van der Waals surface area contributed by atoms with Crippen LogP contribution in [0, 0.1) is 12.7 Å². The van der Waals surface area contributed by atoms with Crippen LogP contribution >= 0.6 is 15.9 Å². The summed E-state index contributed by atoms with van der Waals surface area (Å²) in [6.45, 7) is 1.91. The standard InChI is InChI=1S/C15H16BrFN2O/c1-9-3-5-13(17)11(7-9)15(19-18)12-8-10(16)4-6-14(12)20-2/h3-8,15,19H,18H2,1-2H3. The van der Waals surface area contributed by atoms with Crippen LogP contribution < -0.4 is 16.0 Å². The average molecular weight is 339 g/mol. The molecule has 1 unspecified atom stereocenters. The lowest BCUT2D eigenvalue weighted by molar-refractivity contribution is 0.403. The molecule has 2 rings (SSSR count). The first-order valence-electron chi connectivity index (χ1n) is 6.12. The van der Waals surface area contributed by atoms with Gasteiger partial charge in [-0.2, -0.15) is 0 Å². The molecule has 0 heterocycles. The number of hydrazine groups is 1. The van der Waals surface area contributed by atoms with Gasteiger partial charge in [0.1, 0.15) is 11.6 Å². The molecule has 0 amide bonds. The van der Waals surface area contributed by atoms with Crippen molar-refractivity contribution in [1.82, 2.24) is 5.43 Å². The van der Waals surface area contributed by atoms with Gasteiger partial charge in [0.05, 0.1) is 13.2 Å². The Morgan fingerprint density at radius 1 is 1.20 bits per heavy atom. The van der Waals surface area contributed by atoms with Gasteiger partial charge in [0, 0.05) is 15.6 Å². The molecular formula is C15H16BrFN2O. The summed E-state index contributed by atoms with van der Waals surface area (Å²) in [6, 6.07) is 10.0. The van der Waals surface area contributed by atoms with Crippen LogP contribution in [0.2, 0.25) is 0 Å². The van der Waals surface area contributed by atoms with E-state index in [0.29, 0.717) is 11.3 Å². The molecule has 0 aromatic heterocycles. The van der Waals surface area contributed by atoms with Crippen molar-refractivity contribution in [1.29, 1.82) is 0 Å². The van der Waals surface area contributed by atoms with E-state index < -0.39 is 6.04 Å². The quantitative estimate of drug-likeness (QED) is 0.663. The third-order valence-electron chi connectivity index (χ3n) is 3.13. The van der Waals surface area contributed by atoms with Crippen LogP contribution in [0.3, 0.4) is 0 Å². The molecule has 2 aromatic carbocycles. The molecule has 1 atom stereocenters. The van der Waals surface area contributed by atoms with Crippen molar-refractivity contribution in [2.75, 3.05) is 7.11 Å². The maximum Gasteiger partial charge on any atom is 0.128 e. The van der Waals surface area contributed by atoms with Crippen molar-refractivity contribution < 1.29 is 9.13 Å². The molecule has 3 N–H and O–H groups in total. The maximum atomic E-state index is 14.1. The number of ether oxygens (including phenoxy) is 1. The summed E-state index contributed by atoms with van der Waals surface area (Å²) < 4.78 is 20.3. The van der Waals surface area contributed by atoms with Gasteiger partial charge < -0.3 is 4.74 Å². The zero-order valence-electron chi connectivity index (χ0n) is 11.3. The number of aryl methyl sites for hydroxylation is 1. The Labute approximate surface area is 126 Å². The van der Waals surface area contributed by atoms with E-state index in [1.807, 2.05) is 25.1 Å². The predicted molar refractivity (Wildman–Crippen MR) is 81.0 cm³/mol. The van der Waals surface area contributed by atoms with E-state index in [4.69, 9.17) is 10.6 Å². The minimum Gasteiger partial charge on any atom is -0.496 e. The number of methoxy groups -OCH3 is 1. The predicted octanol–water partition coefficient (Wildman–Crippen LogP) is 3.46. The number of hydrogen-bond donors (Lipinski definition) is 2. The second-order valence-corrected chi connectivity index (χ2v) is 5.43. The lowest BCUT2D eigenvalue weighted by Gasteiger charge is -2.21. The molecule has 0 aliphatic rings. The molecule has 0 saturated carbocycles. The van der Waals surface area contributed by atoms with Gasteiger partial charge in [-0.15, -0.1) is 0 Å². The fourth-order valence-electron chi connectivity index (χ4n) is 2.16. The van der Waals surface area contributed by atoms with Crippen LogP contribution in [0.15, 0.2) is 40.9 Å². The van der Waals surface area contributed by atoms with Gasteiger partial charge in [0.25, 0.3) is 0 Å². The van der Waals surface area contributed by atoms with Crippen LogP contribution in [0.4, 0.5) is 4.39 Å². The summed E-state index contributed by atoms with van der Waals surface area (Å²) in [6.07, 6.45) is 0. The van der Waals surface area contributed by atoms with E-state index in [0.717, 1.165) is 15.6 Å². The maximum absolute atomic E-state index is 14.1. The molecule has 0 bridgehead atoms. The zero-order chi connectivity index (χ0) is 14.7. The Kier molecular flexibility index (Phi) is 4.75. The Hall–Kier alpha value is -1.43. The molecular weight excluding hydrogens is 323 g/mol. The minimum absolute atomic E-state index is 0.305. The van der Waals surface area contributed by atoms with Gasteiger partial charge in [-0.1, -0.05) is 33.6 Å². The number of rotatable bonds is 4. The monoisotopic (exact) mass is 338 g/mol. The van der Waals surface area contributed by atoms with Crippen molar-refractivity contribution in [2.24, 2.45) is 5.84 Å². The van der Waals surface area contributed by atoms with Gasteiger partial charge in [0.15, 0.2) is 0 Å². The SMILES string of the molecule is COc1ccc(Br)cc1C(NN)c1cc(C)ccc1F. The molecule has 0 fully saturated rings. The van der Waals surface area contributed by atoms with Gasteiger partial charge in [0.2, 0.25) is 0 Å². The summed E-state index contributed by atoms with van der Waals surface area (Å²) in [5.74, 6) is 5.99. The van der Waals surface area contributed by atoms with Crippen LogP contribution in [0.1, 0.15) is 22.7 Å². The molecule has 3 nitrogen and oxygen atoms in total. The third kappa shape index (κ3) is 3.00. The van der Waals surface area contributed by atoms with Crippen molar-refractivity contribution in [3.63, 3.8) is 0 Å². The lowest BCUT2D eigenvalue weighted by Crippen LogP contribution is -2.30. The van der Waals surface area contributed by atoms with Crippen molar-refractivity contribution >= 4 is 15.9 Å². The number of halogens is 2.